The van der Waals surface area contributed by atoms with Crippen molar-refractivity contribution in [3.8, 4) is 0 Å². The summed E-state index contributed by atoms with van der Waals surface area (Å²) in [5.41, 5.74) is 1.54. The Balaban J connectivity index is 1.89. The fourth-order valence-electron chi connectivity index (χ4n) is 5.52. The van der Waals surface area contributed by atoms with E-state index in [0.717, 1.165) is 0 Å². The van der Waals surface area contributed by atoms with Crippen LogP contribution >= 0.6 is 0 Å². The minimum Gasteiger partial charge on any atom is -0.205 e. The Hall–Kier alpha value is -0.850. The normalized spacial score (nSPS) is 11.4. The summed E-state index contributed by atoms with van der Waals surface area (Å²) < 4.78 is 2.44. The van der Waals surface area contributed by atoms with Crippen LogP contribution in [0.1, 0.15) is 186 Å². The lowest BCUT2D eigenvalue weighted by Crippen LogP contribution is -2.33. The van der Waals surface area contributed by atoms with Crippen LogP contribution in [0, 0.1) is 0 Å². The van der Waals surface area contributed by atoms with Gasteiger partial charge in [-0.2, -0.15) is 0 Å². The number of aromatic nitrogens is 1. The molecule has 0 aliphatic carbocycles. The number of hydrogen-bond acceptors (Lipinski definition) is 0. The molecule has 36 heavy (non-hydrogen) atoms. The number of nitrogens with zero attached hydrogens (tertiary/aromatic N) is 1. The molecule has 0 amide bonds. The Morgan fingerprint density at radius 1 is 0.444 bits per heavy atom. The fourth-order valence-corrected chi connectivity index (χ4v) is 5.52. The van der Waals surface area contributed by atoms with E-state index in [2.05, 4.69) is 42.9 Å². The molecule has 1 heteroatoms. The van der Waals surface area contributed by atoms with Crippen molar-refractivity contribution in [2.75, 3.05) is 0 Å². The molecule has 0 atom stereocenters. The summed E-state index contributed by atoms with van der Waals surface area (Å²) in [5, 5.41) is 0. The summed E-state index contributed by atoms with van der Waals surface area (Å²) in [5.74, 6) is 0. The van der Waals surface area contributed by atoms with E-state index in [1.54, 1.807) is 0 Å². The topological polar surface area (TPSA) is 3.88 Å². The Bertz CT molecular complexity index is 551. The molecule has 1 nitrogen and oxygen atoms in total. The molecular weight excluding hydrogens is 434 g/mol. The third kappa shape index (κ3) is 22.4. The standard InChI is InChI=1S/C35H66N/c1-3-5-7-9-11-13-15-16-17-18-20-22-24-26-28-32-36-33-29-31-35(34-36)30-27-25-23-21-19-14-12-10-8-6-4-2/h29,31,33-34H,3-28,30,32H2,1-2H3/q+1. The number of aryl methyl sites for hydroxylation is 2. The van der Waals surface area contributed by atoms with Crippen molar-refractivity contribution in [2.45, 2.75) is 194 Å². The average molecular weight is 501 g/mol. The summed E-state index contributed by atoms with van der Waals surface area (Å²) in [6.45, 7) is 5.80. The van der Waals surface area contributed by atoms with E-state index in [1.165, 1.54) is 185 Å². The molecule has 0 aliphatic heterocycles. The van der Waals surface area contributed by atoms with Crippen LogP contribution in [0.15, 0.2) is 24.5 Å². The Kier molecular flexibility index (Phi) is 25.1. The second-order valence-electron chi connectivity index (χ2n) is 11.7. The van der Waals surface area contributed by atoms with Crippen molar-refractivity contribution in [3.05, 3.63) is 30.1 Å². The van der Waals surface area contributed by atoms with E-state index < -0.39 is 0 Å². The Labute approximate surface area is 228 Å². The summed E-state index contributed by atoms with van der Waals surface area (Å²) in [6.07, 6.45) is 43.3. The highest BCUT2D eigenvalue weighted by Crippen LogP contribution is 2.14. The van der Waals surface area contributed by atoms with Crippen LogP contribution in [0.3, 0.4) is 0 Å². The molecule has 0 bridgehead atoms. The molecule has 0 saturated heterocycles. The maximum absolute atomic E-state index is 2.44. The van der Waals surface area contributed by atoms with Gasteiger partial charge in [0.1, 0.15) is 6.54 Å². The molecule has 0 N–H and O–H groups in total. The van der Waals surface area contributed by atoms with Crippen molar-refractivity contribution >= 4 is 0 Å². The fraction of sp³-hybridized carbons (Fsp3) is 0.857. The highest BCUT2D eigenvalue weighted by atomic mass is 14.9. The molecule has 1 rings (SSSR count). The molecule has 1 aromatic rings. The van der Waals surface area contributed by atoms with Crippen LogP contribution in [0.2, 0.25) is 0 Å². The van der Waals surface area contributed by atoms with Crippen LogP contribution in [0.4, 0.5) is 0 Å². The highest BCUT2D eigenvalue weighted by Gasteiger charge is 2.03. The zero-order valence-electron chi connectivity index (χ0n) is 25.1. The number of rotatable bonds is 28. The minimum atomic E-state index is 1.20. The average Bonchev–Trinajstić information content (AvgIpc) is 2.90. The number of pyridine rings is 1. The van der Waals surface area contributed by atoms with Gasteiger partial charge in [0, 0.05) is 18.1 Å². The van der Waals surface area contributed by atoms with E-state index >= 15 is 0 Å². The molecule has 210 valence electrons. The zero-order chi connectivity index (χ0) is 25.8. The third-order valence-electron chi connectivity index (χ3n) is 8.01. The van der Waals surface area contributed by atoms with Gasteiger partial charge in [-0.05, 0) is 25.3 Å². The van der Waals surface area contributed by atoms with E-state index in [9.17, 15) is 0 Å². The summed E-state index contributed by atoms with van der Waals surface area (Å²) in [4.78, 5) is 0. The minimum absolute atomic E-state index is 1.20. The van der Waals surface area contributed by atoms with Crippen molar-refractivity contribution < 1.29 is 4.57 Å². The predicted octanol–water partition coefficient (Wildman–Crippen LogP) is 11.7. The van der Waals surface area contributed by atoms with E-state index in [-0.39, 0.29) is 0 Å². The second-order valence-corrected chi connectivity index (χ2v) is 11.7. The van der Waals surface area contributed by atoms with Crippen LogP contribution in [0.25, 0.3) is 0 Å². The van der Waals surface area contributed by atoms with Crippen molar-refractivity contribution in [2.24, 2.45) is 0 Å². The highest BCUT2D eigenvalue weighted by molar-refractivity contribution is 5.05. The van der Waals surface area contributed by atoms with E-state index in [0.29, 0.717) is 0 Å². The molecule has 0 aromatic carbocycles. The maximum atomic E-state index is 2.44. The second kappa shape index (κ2) is 27.2. The van der Waals surface area contributed by atoms with Crippen LogP contribution in [-0.4, -0.2) is 0 Å². The first-order valence-corrected chi connectivity index (χ1v) is 16.8. The van der Waals surface area contributed by atoms with Gasteiger partial charge in [-0.25, -0.2) is 4.57 Å². The van der Waals surface area contributed by atoms with Crippen LogP contribution in [-0.2, 0) is 13.0 Å². The van der Waals surface area contributed by atoms with Crippen LogP contribution in [0.5, 0.6) is 0 Å². The first-order valence-electron chi connectivity index (χ1n) is 16.8. The maximum Gasteiger partial charge on any atom is 0.171 e. The lowest BCUT2D eigenvalue weighted by molar-refractivity contribution is -0.697. The molecule has 0 fully saturated rings. The largest absolute Gasteiger partial charge is 0.205 e. The van der Waals surface area contributed by atoms with Gasteiger partial charge in [-0.1, -0.05) is 162 Å². The molecular formula is C35H66N+. The first-order chi connectivity index (χ1) is 17.9. The van der Waals surface area contributed by atoms with Crippen molar-refractivity contribution in [1.29, 1.82) is 0 Å². The van der Waals surface area contributed by atoms with Gasteiger partial charge in [0.2, 0.25) is 0 Å². The van der Waals surface area contributed by atoms with Crippen molar-refractivity contribution in [3.63, 3.8) is 0 Å². The van der Waals surface area contributed by atoms with Gasteiger partial charge in [0.05, 0.1) is 0 Å². The molecule has 0 aliphatic rings. The van der Waals surface area contributed by atoms with Gasteiger partial charge in [-0.15, -0.1) is 0 Å². The number of hydrogen-bond donors (Lipinski definition) is 0. The third-order valence-corrected chi connectivity index (χ3v) is 8.01. The SMILES string of the molecule is CCCCCCCCCCCCCCCCC[n+]1cccc(CCCCCCCCCCCCC)c1. The van der Waals surface area contributed by atoms with Gasteiger partial charge in [-0.3, -0.25) is 0 Å². The van der Waals surface area contributed by atoms with Gasteiger partial charge < -0.3 is 0 Å². The van der Waals surface area contributed by atoms with Gasteiger partial charge >= 0.3 is 0 Å². The molecule has 1 aromatic heterocycles. The molecule has 0 spiro atoms. The predicted molar refractivity (Wildman–Crippen MR) is 162 cm³/mol. The Morgan fingerprint density at radius 3 is 1.22 bits per heavy atom. The molecule has 0 unspecified atom stereocenters. The summed E-state index contributed by atoms with van der Waals surface area (Å²) >= 11 is 0. The summed E-state index contributed by atoms with van der Waals surface area (Å²) in [7, 11) is 0. The quantitative estimate of drug-likeness (QED) is 0.0795. The van der Waals surface area contributed by atoms with Crippen molar-refractivity contribution in [1.82, 2.24) is 0 Å². The van der Waals surface area contributed by atoms with Crippen LogP contribution < -0.4 is 4.57 Å². The van der Waals surface area contributed by atoms with E-state index in [4.69, 9.17) is 0 Å². The lowest BCUT2D eigenvalue weighted by Gasteiger charge is -2.04. The molecule has 0 radical (unpaired) electrons. The monoisotopic (exact) mass is 501 g/mol. The molecule has 1 heterocycles. The number of unbranched alkanes of at least 4 members (excludes halogenated alkanes) is 24. The molecule has 0 saturated carbocycles. The van der Waals surface area contributed by atoms with E-state index in [1.807, 2.05) is 0 Å². The lowest BCUT2D eigenvalue weighted by atomic mass is 10.0. The smallest absolute Gasteiger partial charge is 0.171 e. The van der Waals surface area contributed by atoms with Gasteiger partial charge in [0.15, 0.2) is 12.4 Å². The zero-order valence-corrected chi connectivity index (χ0v) is 25.1. The first kappa shape index (κ1) is 33.2. The summed E-state index contributed by atoms with van der Waals surface area (Å²) in [6, 6.07) is 4.60. The van der Waals surface area contributed by atoms with Gasteiger partial charge in [0.25, 0.3) is 0 Å². The Morgan fingerprint density at radius 2 is 0.806 bits per heavy atom.